The van der Waals surface area contributed by atoms with E-state index < -0.39 is 47.2 Å². The van der Waals surface area contributed by atoms with E-state index in [4.69, 9.17) is 4.74 Å². The number of ether oxygens (including phenoxy) is 1. The van der Waals surface area contributed by atoms with Crippen LogP contribution in [-0.4, -0.2) is 58.0 Å². The molecule has 0 aliphatic carbocycles. The quantitative estimate of drug-likeness (QED) is 0.165. The average molecular weight is 594 g/mol. The van der Waals surface area contributed by atoms with E-state index in [0.29, 0.717) is 16.4 Å². The molecule has 1 saturated heterocycles. The van der Waals surface area contributed by atoms with Crippen LogP contribution in [0.2, 0.25) is 25.7 Å². The zero-order valence-electron chi connectivity index (χ0n) is 22.8. The van der Waals surface area contributed by atoms with Gasteiger partial charge in [0.15, 0.2) is 10.7 Å². The monoisotopic (exact) mass is 593 g/mol. The van der Waals surface area contributed by atoms with E-state index in [1.54, 1.807) is 6.07 Å². The summed E-state index contributed by atoms with van der Waals surface area (Å²) in [5.74, 6) is -3.16. The summed E-state index contributed by atoms with van der Waals surface area (Å²) < 4.78 is 78.6. The molecule has 0 amide bonds. The Kier molecular flexibility index (Phi) is 9.49. The summed E-state index contributed by atoms with van der Waals surface area (Å²) in [4.78, 5) is 1.04. The molecule has 1 fully saturated rings. The third-order valence-electron chi connectivity index (χ3n) is 6.59. The maximum Gasteiger partial charge on any atom is 0.273 e. The van der Waals surface area contributed by atoms with Gasteiger partial charge in [0, 0.05) is 45.2 Å². The third-order valence-corrected chi connectivity index (χ3v) is 10.1. The number of nitrogens with one attached hydrogen (secondary N) is 1. The second kappa shape index (κ2) is 12.7. The molecule has 0 unspecified atom stereocenters. The van der Waals surface area contributed by atoms with Gasteiger partial charge in [-0.15, -0.1) is 5.10 Å². The van der Waals surface area contributed by atoms with Gasteiger partial charge < -0.3 is 10.1 Å². The Balaban J connectivity index is 1.55. The zero-order valence-corrected chi connectivity index (χ0v) is 24.6. The molecule has 8 nitrogen and oxygen atoms in total. The molecular formula is C27H34F3N5O3SSi. The number of aromatic nitrogens is 2. The van der Waals surface area contributed by atoms with Crippen LogP contribution in [-0.2, 0) is 27.8 Å². The van der Waals surface area contributed by atoms with Crippen LogP contribution >= 0.6 is 0 Å². The smallest absolute Gasteiger partial charge is 0.273 e. The van der Waals surface area contributed by atoms with Crippen LogP contribution in [0.3, 0.4) is 0 Å². The molecule has 2 heterocycles. The van der Waals surface area contributed by atoms with Crippen molar-refractivity contribution in [3.8, 4) is 0 Å². The van der Waals surface area contributed by atoms with Gasteiger partial charge in [-0.3, -0.25) is 4.90 Å². The molecule has 1 aliphatic heterocycles. The van der Waals surface area contributed by atoms with Crippen molar-refractivity contribution >= 4 is 29.6 Å². The summed E-state index contributed by atoms with van der Waals surface area (Å²) in [5.41, 5.74) is 1.14. The fourth-order valence-electron chi connectivity index (χ4n) is 4.15. The fourth-order valence-corrected chi connectivity index (χ4v) is 6.29. The van der Waals surface area contributed by atoms with Gasteiger partial charge in [-0.05, 0) is 61.4 Å². The van der Waals surface area contributed by atoms with Gasteiger partial charge in [0.2, 0.25) is 0 Å². The van der Waals surface area contributed by atoms with Crippen molar-refractivity contribution in [2.75, 3.05) is 36.0 Å². The molecule has 0 saturated carbocycles. The van der Waals surface area contributed by atoms with Gasteiger partial charge in [0.25, 0.3) is 10.0 Å². The van der Waals surface area contributed by atoms with Crippen LogP contribution in [0.5, 0.6) is 0 Å². The molecule has 2 aromatic carbocycles. The number of hydrogen-bond donors (Lipinski definition) is 1. The number of halogens is 3. The molecular weight excluding hydrogens is 559 g/mol. The summed E-state index contributed by atoms with van der Waals surface area (Å²) in [6.45, 7) is 8.65. The number of sulfonamides is 1. The molecule has 1 N–H and O–H groups in total. The normalized spacial score (nSPS) is 14.2. The van der Waals surface area contributed by atoms with Crippen molar-refractivity contribution in [3.05, 3.63) is 77.2 Å². The summed E-state index contributed by atoms with van der Waals surface area (Å²) in [6, 6.07) is 10.1. The van der Waals surface area contributed by atoms with E-state index in [9.17, 15) is 12.8 Å². The molecule has 0 radical (unpaired) electrons. The Bertz CT molecular complexity index is 1400. The fraction of sp³-hybridized carbons (Fsp3) is 0.407. The lowest BCUT2D eigenvalue weighted by molar-refractivity contribution is 0.156. The lowest BCUT2D eigenvalue weighted by Gasteiger charge is -2.31. The maximum atomic E-state index is 15.3. The first-order valence-corrected chi connectivity index (χ1v) is 18.2. The molecule has 1 aliphatic rings. The highest BCUT2D eigenvalue weighted by Gasteiger charge is 2.33. The predicted molar refractivity (Wildman–Crippen MR) is 151 cm³/mol. The second-order valence-corrected chi connectivity index (χ2v) is 18.3. The minimum absolute atomic E-state index is 0.0236. The molecule has 13 heteroatoms. The van der Waals surface area contributed by atoms with Crippen LogP contribution in [0.15, 0.2) is 53.6 Å². The lowest BCUT2D eigenvalue weighted by atomic mass is 10.0. The van der Waals surface area contributed by atoms with Gasteiger partial charge in [-0.2, -0.15) is 5.10 Å². The van der Waals surface area contributed by atoms with Gasteiger partial charge >= 0.3 is 0 Å². The highest BCUT2D eigenvalue weighted by atomic mass is 32.2. The Morgan fingerprint density at radius 2 is 1.77 bits per heavy atom. The first-order valence-electron chi connectivity index (χ1n) is 13.1. The number of rotatable bonds is 13. The molecule has 216 valence electrons. The van der Waals surface area contributed by atoms with Gasteiger partial charge in [-0.25, -0.2) is 25.9 Å². The maximum absolute atomic E-state index is 15.3. The highest BCUT2D eigenvalue weighted by molar-refractivity contribution is 7.92. The highest BCUT2D eigenvalue weighted by Crippen LogP contribution is 2.29. The first-order chi connectivity index (χ1) is 19.0. The van der Waals surface area contributed by atoms with E-state index in [0.717, 1.165) is 43.3 Å². The van der Waals surface area contributed by atoms with E-state index in [-0.39, 0.29) is 24.7 Å². The summed E-state index contributed by atoms with van der Waals surface area (Å²) in [5, 5.41) is 10.4. The van der Waals surface area contributed by atoms with Crippen LogP contribution in [0.4, 0.5) is 24.7 Å². The van der Waals surface area contributed by atoms with Crippen molar-refractivity contribution in [1.82, 2.24) is 15.1 Å². The number of benzene rings is 2. The molecule has 1 aromatic heterocycles. The largest absolute Gasteiger partial charge is 0.381 e. The molecule has 0 atom stereocenters. The second-order valence-electron chi connectivity index (χ2n) is 10.9. The molecule has 40 heavy (non-hydrogen) atoms. The minimum Gasteiger partial charge on any atom is -0.381 e. The van der Waals surface area contributed by atoms with Gasteiger partial charge in [0.1, 0.15) is 24.2 Å². The summed E-state index contributed by atoms with van der Waals surface area (Å²) in [7, 11) is -6.23. The van der Waals surface area contributed by atoms with E-state index in [1.165, 1.54) is 24.4 Å². The number of anilines is 2. The van der Waals surface area contributed by atoms with Gasteiger partial charge in [0.05, 0.1) is 0 Å². The molecule has 3 aromatic rings. The molecule has 0 spiro atoms. The van der Waals surface area contributed by atoms with Crippen molar-refractivity contribution in [2.24, 2.45) is 0 Å². The van der Waals surface area contributed by atoms with Crippen molar-refractivity contribution in [1.29, 1.82) is 0 Å². The van der Waals surface area contributed by atoms with Crippen molar-refractivity contribution < 1.29 is 26.3 Å². The summed E-state index contributed by atoms with van der Waals surface area (Å²) in [6.07, 6.45) is 2.45. The topological polar surface area (TPSA) is 87.7 Å². The summed E-state index contributed by atoms with van der Waals surface area (Å²) >= 11 is 0. The van der Waals surface area contributed by atoms with E-state index >= 15 is 8.78 Å². The number of likely N-dealkylation sites (tertiary alicyclic amines) is 1. The Morgan fingerprint density at radius 1 is 1.05 bits per heavy atom. The van der Waals surface area contributed by atoms with Crippen LogP contribution < -0.4 is 9.62 Å². The third kappa shape index (κ3) is 7.39. The Morgan fingerprint density at radius 3 is 2.38 bits per heavy atom. The Labute approximate surface area is 234 Å². The van der Waals surface area contributed by atoms with Crippen LogP contribution in [0.25, 0.3) is 0 Å². The lowest BCUT2D eigenvalue weighted by Crippen LogP contribution is -2.36. The number of hydrogen-bond acceptors (Lipinski definition) is 7. The van der Waals surface area contributed by atoms with Gasteiger partial charge in [-0.1, -0.05) is 31.8 Å². The van der Waals surface area contributed by atoms with Crippen molar-refractivity contribution in [3.63, 3.8) is 0 Å². The van der Waals surface area contributed by atoms with Crippen molar-refractivity contribution in [2.45, 2.75) is 50.1 Å². The van der Waals surface area contributed by atoms with E-state index in [1.807, 2.05) is 6.07 Å². The molecule has 4 rings (SSSR count). The minimum atomic E-state index is -4.76. The van der Waals surface area contributed by atoms with Crippen LogP contribution in [0, 0.1) is 17.5 Å². The average Bonchev–Trinajstić information content (AvgIpc) is 2.85. The van der Waals surface area contributed by atoms with Crippen LogP contribution in [0.1, 0.15) is 17.5 Å². The zero-order chi connectivity index (χ0) is 28.9. The standard InChI is InChI=1S/C27H34F3N5O3SSi/c1-40(2,3)14-13-38-19-35(26-9-5-10-32-33-26)39(36,37)27-24(29)15-21(16-25(27)30)31-17-22-20(7-4-8-23(22)28)18-34-11-6-12-34/h4-5,7-10,15-16,31H,6,11-14,17-19H2,1-3H3. The van der Waals surface area contributed by atoms with E-state index in [2.05, 4.69) is 40.1 Å². The number of nitrogens with zero attached hydrogens (tertiary/aromatic N) is 4. The first kappa shape index (κ1) is 30.0. The predicted octanol–water partition coefficient (Wildman–Crippen LogP) is 5.22. The Hall–Kier alpha value is -3.00. The SMILES string of the molecule is C[Si](C)(C)CCOCN(c1cccnn1)S(=O)(=O)c1c(F)cc(NCc2c(F)cccc2CN2CCC2)cc1F. The molecule has 0 bridgehead atoms.